The van der Waals surface area contributed by atoms with E-state index in [1.165, 1.54) is 16.4 Å². The van der Waals surface area contributed by atoms with Crippen molar-refractivity contribution >= 4 is 21.6 Å². The van der Waals surface area contributed by atoms with Gasteiger partial charge in [-0.2, -0.15) is 4.31 Å². The van der Waals surface area contributed by atoms with Crippen molar-refractivity contribution in [3.8, 4) is 0 Å². The minimum Gasteiger partial charge on any atom is -0.298 e. The molecule has 0 aromatic heterocycles. The zero-order valence-electron chi connectivity index (χ0n) is 12.4. The van der Waals surface area contributed by atoms with E-state index in [-0.39, 0.29) is 22.9 Å². The van der Waals surface area contributed by atoms with Crippen LogP contribution in [0.4, 0.5) is 4.39 Å². The molecule has 0 bridgehead atoms. The first kappa shape index (κ1) is 16.7. The van der Waals surface area contributed by atoms with Gasteiger partial charge in [-0.05, 0) is 38.6 Å². The molecule has 1 fully saturated rings. The Morgan fingerprint density at radius 1 is 1.29 bits per heavy atom. The summed E-state index contributed by atoms with van der Waals surface area (Å²) < 4.78 is 40.7. The second-order valence-corrected chi connectivity index (χ2v) is 7.76. The topological polar surface area (TPSA) is 40.6 Å². The number of piperazine rings is 1. The van der Waals surface area contributed by atoms with E-state index in [2.05, 4.69) is 4.90 Å². The second kappa shape index (κ2) is 6.20. The van der Waals surface area contributed by atoms with Crippen LogP contribution in [0.25, 0.3) is 0 Å². The first-order valence-electron chi connectivity index (χ1n) is 6.84. The molecule has 7 heteroatoms. The van der Waals surface area contributed by atoms with Gasteiger partial charge in [-0.1, -0.05) is 6.07 Å². The first-order valence-corrected chi connectivity index (χ1v) is 8.81. The van der Waals surface area contributed by atoms with Crippen LogP contribution in [-0.2, 0) is 15.9 Å². The van der Waals surface area contributed by atoms with Gasteiger partial charge in [-0.15, -0.1) is 11.6 Å². The lowest BCUT2D eigenvalue weighted by molar-refractivity contribution is 0.105. The standard InChI is InChI=1S/C14H20ClFN2O2S/c1-10-8-18(9-11(2)17(10)3)21(19,20)14-5-4-12(7-15)6-13(14)16/h4-6,10-11H,7-9H2,1-3H3. The van der Waals surface area contributed by atoms with Crippen molar-refractivity contribution in [2.45, 2.75) is 36.7 Å². The average Bonchev–Trinajstić information content (AvgIpc) is 2.43. The maximum absolute atomic E-state index is 14.1. The molecule has 0 N–H and O–H groups in total. The molecule has 1 aliphatic rings. The normalized spacial score (nSPS) is 25.2. The van der Waals surface area contributed by atoms with Crippen LogP contribution in [0.5, 0.6) is 0 Å². The summed E-state index contributed by atoms with van der Waals surface area (Å²) in [6.45, 7) is 4.65. The predicted molar refractivity (Wildman–Crippen MR) is 81.4 cm³/mol. The van der Waals surface area contributed by atoms with E-state index >= 15 is 0 Å². The molecule has 2 rings (SSSR count). The van der Waals surface area contributed by atoms with Crippen molar-refractivity contribution < 1.29 is 12.8 Å². The molecule has 0 saturated carbocycles. The van der Waals surface area contributed by atoms with Gasteiger partial charge >= 0.3 is 0 Å². The smallest absolute Gasteiger partial charge is 0.246 e. The van der Waals surface area contributed by atoms with Crippen molar-refractivity contribution in [3.05, 3.63) is 29.6 Å². The minimum atomic E-state index is -3.82. The fourth-order valence-corrected chi connectivity index (χ4v) is 4.34. The van der Waals surface area contributed by atoms with Gasteiger partial charge in [0.05, 0.1) is 0 Å². The van der Waals surface area contributed by atoms with Crippen molar-refractivity contribution in [1.29, 1.82) is 0 Å². The summed E-state index contributed by atoms with van der Waals surface area (Å²) >= 11 is 5.64. The Kier molecular flexibility index (Phi) is 4.92. The summed E-state index contributed by atoms with van der Waals surface area (Å²) in [6.07, 6.45) is 0. The molecule has 118 valence electrons. The number of alkyl halides is 1. The SMILES string of the molecule is CC1CN(S(=O)(=O)c2ccc(CCl)cc2F)CC(C)N1C. The van der Waals surface area contributed by atoms with Crippen LogP contribution in [0.1, 0.15) is 19.4 Å². The number of hydrogen-bond donors (Lipinski definition) is 0. The monoisotopic (exact) mass is 334 g/mol. The van der Waals surface area contributed by atoms with Gasteiger partial charge in [0.2, 0.25) is 10.0 Å². The number of sulfonamides is 1. The molecular weight excluding hydrogens is 315 g/mol. The van der Waals surface area contributed by atoms with Gasteiger partial charge in [0.25, 0.3) is 0 Å². The van der Waals surface area contributed by atoms with E-state index in [1.807, 2.05) is 20.9 Å². The number of rotatable bonds is 3. The summed E-state index contributed by atoms with van der Waals surface area (Å²) in [5, 5.41) is 0. The molecule has 1 saturated heterocycles. The summed E-state index contributed by atoms with van der Waals surface area (Å²) in [7, 11) is -1.85. The highest BCUT2D eigenvalue weighted by atomic mass is 35.5. The second-order valence-electron chi connectivity index (χ2n) is 5.58. The number of benzene rings is 1. The van der Waals surface area contributed by atoms with E-state index in [1.54, 1.807) is 6.07 Å². The van der Waals surface area contributed by atoms with E-state index in [0.717, 1.165) is 0 Å². The summed E-state index contributed by atoms with van der Waals surface area (Å²) in [4.78, 5) is 1.85. The Morgan fingerprint density at radius 2 is 1.86 bits per heavy atom. The number of likely N-dealkylation sites (N-methyl/N-ethyl adjacent to an activating group) is 1. The van der Waals surface area contributed by atoms with Crippen LogP contribution < -0.4 is 0 Å². The number of hydrogen-bond acceptors (Lipinski definition) is 3. The average molecular weight is 335 g/mol. The summed E-state index contributed by atoms with van der Waals surface area (Å²) in [5.74, 6) is -0.591. The first-order chi connectivity index (χ1) is 9.77. The Balaban J connectivity index is 2.34. The Morgan fingerprint density at radius 3 is 2.33 bits per heavy atom. The predicted octanol–water partition coefficient (Wildman–Crippen LogP) is 2.28. The lowest BCUT2D eigenvalue weighted by Crippen LogP contribution is -2.56. The molecule has 1 aromatic carbocycles. The quantitative estimate of drug-likeness (QED) is 0.796. The van der Waals surface area contributed by atoms with Crippen molar-refractivity contribution in [2.24, 2.45) is 0 Å². The Bertz CT molecular complexity index is 611. The van der Waals surface area contributed by atoms with Crippen LogP contribution >= 0.6 is 11.6 Å². The van der Waals surface area contributed by atoms with Gasteiger partial charge < -0.3 is 0 Å². The van der Waals surface area contributed by atoms with E-state index in [0.29, 0.717) is 18.7 Å². The highest BCUT2D eigenvalue weighted by Crippen LogP contribution is 2.25. The molecule has 0 aliphatic carbocycles. The molecule has 2 atom stereocenters. The minimum absolute atomic E-state index is 0.0914. The molecule has 0 radical (unpaired) electrons. The maximum Gasteiger partial charge on any atom is 0.246 e. The van der Waals surface area contributed by atoms with Crippen molar-refractivity contribution in [1.82, 2.24) is 9.21 Å². The van der Waals surface area contributed by atoms with E-state index < -0.39 is 15.8 Å². The van der Waals surface area contributed by atoms with Gasteiger partial charge in [-0.3, -0.25) is 4.90 Å². The molecule has 1 heterocycles. The third kappa shape index (κ3) is 3.23. The lowest BCUT2D eigenvalue weighted by Gasteiger charge is -2.41. The van der Waals surface area contributed by atoms with Crippen LogP contribution in [0.2, 0.25) is 0 Å². The number of halogens is 2. The Labute approximate surface area is 130 Å². The van der Waals surface area contributed by atoms with Crippen molar-refractivity contribution in [2.75, 3.05) is 20.1 Å². The molecular formula is C14H20ClFN2O2S. The third-order valence-electron chi connectivity index (χ3n) is 4.09. The molecule has 0 spiro atoms. The van der Waals surface area contributed by atoms with Crippen LogP contribution in [-0.4, -0.2) is 49.8 Å². The van der Waals surface area contributed by atoms with Crippen LogP contribution in [0.15, 0.2) is 23.1 Å². The molecule has 1 aliphatic heterocycles. The van der Waals surface area contributed by atoms with Crippen LogP contribution in [0.3, 0.4) is 0 Å². The zero-order chi connectivity index (χ0) is 15.8. The van der Waals surface area contributed by atoms with Gasteiger partial charge in [-0.25, -0.2) is 12.8 Å². The maximum atomic E-state index is 14.1. The summed E-state index contributed by atoms with van der Waals surface area (Å²) in [6, 6.07) is 4.22. The van der Waals surface area contributed by atoms with Gasteiger partial charge in [0.15, 0.2) is 0 Å². The largest absolute Gasteiger partial charge is 0.298 e. The molecule has 2 unspecified atom stereocenters. The highest BCUT2D eigenvalue weighted by Gasteiger charge is 2.35. The van der Waals surface area contributed by atoms with Crippen molar-refractivity contribution in [3.63, 3.8) is 0 Å². The fraction of sp³-hybridized carbons (Fsp3) is 0.571. The van der Waals surface area contributed by atoms with Gasteiger partial charge in [0.1, 0.15) is 10.7 Å². The van der Waals surface area contributed by atoms with E-state index in [4.69, 9.17) is 11.6 Å². The van der Waals surface area contributed by atoms with E-state index in [9.17, 15) is 12.8 Å². The molecule has 0 amide bonds. The Hall–Kier alpha value is -0.690. The lowest BCUT2D eigenvalue weighted by atomic mass is 10.1. The zero-order valence-corrected chi connectivity index (χ0v) is 14.0. The molecule has 1 aromatic rings. The molecule has 4 nitrogen and oxygen atoms in total. The van der Waals surface area contributed by atoms with Gasteiger partial charge in [0, 0.05) is 31.1 Å². The summed E-state index contributed by atoms with van der Waals surface area (Å²) in [5.41, 5.74) is 0.563. The fourth-order valence-electron chi connectivity index (χ4n) is 2.53. The van der Waals surface area contributed by atoms with Crippen LogP contribution in [0, 0.1) is 5.82 Å². The number of nitrogens with zero attached hydrogens (tertiary/aromatic N) is 2. The third-order valence-corrected chi connectivity index (χ3v) is 6.27. The highest BCUT2D eigenvalue weighted by molar-refractivity contribution is 7.89. The molecule has 21 heavy (non-hydrogen) atoms.